The molecule has 0 saturated carbocycles. The van der Waals surface area contributed by atoms with Crippen LogP contribution in [0.3, 0.4) is 0 Å². The largest absolute Gasteiger partial charge is 0.468 e. The lowest BCUT2D eigenvalue weighted by Gasteiger charge is -2.39. The molecule has 2 heterocycles. The third kappa shape index (κ3) is 3.32. The molecule has 0 radical (unpaired) electrons. The number of nitrogens with zero attached hydrogens (tertiary/aromatic N) is 2. The van der Waals surface area contributed by atoms with Crippen molar-refractivity contribution in [2.45, 2.75) is 57.5 Å². The Labute approximate surface area is 121 Å². The average Bonchev–Trinajstić information content (AvgIpc) is 2.53. The molecule has 2 aliphatic rings. The zero-order chi connectivity index (χ0) is 14.5. The standard InChI is InChI=1S/C15H26N2O3/c1-12(14(18)16-9-5-3-6-10-16)17-11-7-4-8-13(17)15(19)20-2/h12-13H,3-11H2,1-2H3. The Kier molecular flexibility index (Phi) is 5.40. The smallest absolute Gasteiger partial charge is 0.323 e. The highest BCUT2D eigenvalue weighted by Crippen LogP contribution is 2.22. The van der Waals surface area contributed by atoms with Gasteiger partial charge in [0.05, 0.1) is 13.2 Å². The lowest BCUT2D eigenvalue weighted by Crippen LogP contribution is -2.55. The molecule has 0 N–H and O–H groups in total. The fourth-order valence-electron chi connectivity index (χ4n) is 3.33. The van der Waals surface area contributed by atoms with E-state index >= 15 is 0 Å². The molecule has 0 bridgehead atoms. The second-order valence-electron chi connectivity index (χ2n) is 5.83. The van der Waals surface area contributed by atoms with Gasteiger partial charge in [0.1, 0.15) is 6.04 Å². The number of piperidine rings is 2. The van der Waals surface area contributed by atoms with Crippen LogP contribution in [-0.2, 0) is 14.3 Å². The summed E-state index contributed by atoms with van der Waals surface area (Å²) >= 11 is 0. The maximum Gasteiger partial charge on any atom is 0.323 e. The number of carbonyl (C=O) groups is 2. The minimum Gasteiger partial charge on any atom is -0.468 e. The van der Waals surface area contributed by atoms with Crippen molar-refractivity contribution in [3.63, 3.8) is 0 Å². The molecule has 1 amide bonds. The first-order valence-electron chi connectivity index (χ1n) is 7.77. The molecule has 2 unspecified atom stereocenters. The molecular formula is C15H26N2O3. The zero-order valence-electron chi connectivity index (χ0n) is 12.6. The molecule has 2 rings (SSSR count). The van der Waals surface area contributed by atoms with Crippen molar-refractivity contribution in [1.82, 2.24) is 9.80 Å². The molecule has 0 aromatic heterocycles. The van der Waals surface area contributed by atoms with E-state index in [9.17, 15) is 9.59 Å². The average molecular weight is 282 g/mol. The van der Waals surface area contributed by atoms with Crippen molar-refractivity contribution in [3.8, 4) is 0 Å². The molecule has 20 heavy (non-hydrogen) atoms. The van der Waals surface area contributed by atoms with Crippen LogP contribution in [0, 0.1) is 0 Å². The Balaban J connectivity index is 2.02. The van der Waals surface area contributed by atoms with Crippen molar-refractivity contribution >= 4 is 11.9 Å². The Bertz CT molecular complexity index is 353. The van der Waals surface area contributed by atoms with Crippen molar-refractivity contribution in [2.24, 2.45) is 0 Å². The first-order chi connectivity index (χ1) is 9.65. The SMILES string of the molecule is COC(=O)C1CCCCN1C(C)C(=O)N1CCCCC1. The van der Waals surface area contributed by atoms with Crippen molar-refractivity contribution in [1.29, 1.82) is 0 Å². The van der Waals surface area contributed by atoms with Crippen molar-refractivity contribution in [2.75, 3.05) is 26.7 Å². The third-order valence-electron chi connectivity index (χ3n) is 4.54. The number of rotatable bonds is 3. The molecule has 2 aliphatic heterocycles. The molecule has 0 aliphatic carbocycles. The number of hydrogen-bond donors (Lipinski definition) is 0. The van der Waals surface area contributed by atoms with Gasteiger partial charge in [0.15, 0.2) is 0 Å². The van der Waals surface area contributed by atoms with Gasteiger partial charge in [-0.2, -0.15) is 0 Å². The van der Waals surface area contributed by atoms with Gasteiger partial charge in [-0.1, -0.05) is 6.42 Å². The highest BCUT2D eigenvalue weighted by molar-refractivity contribution is 5.83. The number of ether oxygens (including phenoxy) is 1. The molecule has 5 heteroatoms. The number of amides is 1. The number of likely N-dealkylation sites (tertiary alicyclic amines) is 2. The first kappa shape index (κ1) is 15.3. The van der Waals surface area contributed by atoms with Gasteiger partial charge in [-0.15, -0.1) is 0 Å². The molecule has 2 atom stereocenters. The topological polar surface area (TPSA) is 49.9 Å². The van der Waals surface area contributed by atoms with E-state index in [1.165, 1.54) is 13.5 Å². The Morgan fingerprint density at radius 3 is 2.35 bits per heavy atom. The Morgan fingerprint density at radius 2 is 1.70 bits per heavy atom. The molecule has 0 aromatic carbocycles. The highest BCUT2D eigenvalue weighted by atomic mass is 16.5. The highest BCUT2D eigenvalue weighted by Gasteiger charge is 2.36. The predicted molar refractivity (Wildman–Crippen MR) is 76.3 cm³/mol. The van der Waals surface area contributed by atoms with E-state index in [-0.39, 0.29) is 24.0 Å². The summed E-state index contributed by atoms with van der Waals surface area (Å²) in [4.78, 5) is 28.5. The second kappa shape index (κ2) is 7.07. The molecule has 114 valence electrons. The van der Waals surface area contributed by atoms with Gasteiger partial charge in [0.25, 0.3) is 0 Å². The van der Waals surface area contributed by atoms with Crippen LogP contribution in [0.5, 0.6) is 0 Å². The fraction of sp³-hybridized carbons (Fsp3) is 0.867. The third-order valence-corrected chi connectivity index (χ3v) is 4.54. The van der Waals surface area contributed by atoms with Crippen LogP contribution in [-0.4, -0.2) is 60.5 Å². The van der Waals surface area contributed by atoms with Crippen LogP contribution < -0.4 is 0 Å². The van der Waals surface area contributed by atoms with Gasteiger partial charge in [0.2, 0.25) is 5.91 Å². The molecule has 5 nitrogen and oxygen atoms in total. The van der Waals surface area contributed by atoms with E-state index in [4.69, 9.17) is 4.74 Å². The van der Waals surface area contributed by atoms with Crippen molar-refractivity contribution < 1.29 is 14.3 Å². The van der Waals surface area contributed by atoms with Crippen LogP contribution in [0.15, 0.2) is 0 Å². The maximum absolute atomic E-state index is 12.6. The van der Waals surface area contributed by atoms with Crippen LogP contribution in [0.25, 0.3) is 0 Å². The molecular weight excluding hydrogens is 256 g/mol. The minimum absolute atomic E-state index is 0.167. The van der Waals surface area contributed by atoms with E-state index in [1.54, 1.807) is 0 Å². The fourth-order valence-corrected chi connectivity index (χ4v) is 3.33. The Morgan fingerprint density at radius 1 is 1.05 bits per heavy atom. The van der Waals surface area contributed by atoms with E-state index in [0.717, 1.165) is 51.7 Å². The molecule has 2 fully saturated rings. The lowest BCUT2D eigenvalue weighted by molar-refractivity contribution is -0.152. The van der Waals surface area contributed by atoms with Gasteiger partial charge < -0.3 is 9.64 Å². The van der Waals surface area contributed by atoms with Gasteiger partial charge in [-0.3, -0.25) is 14.5 Å². The van der Waals surface area contributed by atoms with Crippen LogP contribution in [0.2, 0.25) is 0 Å². The number of hydrogen-bond acceptors (Lipinski definition) is 4. The Hall–Kier alpha value is -1.10. The lowest BCUT2D eigenvalue weighted by atomic mass is 9.99. The monoisotopic (exact) mass is 282 g/mol. The summed E-state index contributed by atoms with van der Waals surface area (Å²) < 4.78 is 4.89. The quantitative estimate of drug-likeness (QED) is 0.735. The first-order valence-corrected chi connectivity index (χ1v) is 7.77. The van der Waals surface area contributed by atoms with E-state index < -0.39 is 0 Å². The number of carbonyl (C=O) groups excluding carboxylic acids is 2. The van der Waals surface area contributed by atoms with E-state index in [1.807, 2.05) is 16.7 Å². The summed E-state index contributed by atoms with van der Waals surface area (Å²) in [6.07, 6.45) is 6.28. The normalized spacial score (nSPS) is 26.1. The van der Waals surface area contributed by atoms with Crippen LogP contribution >= 0.6 is 0 Å². The van der Waals surface area contributed by atoms with Crippen molar-refractivity contribution in [3.05, 3.63) is 0 Å². The second-order valence-corrected chi connectivity index (χ2v) is 5.83. The summed E-state index contributed by atoms with van der Waals surface area (Å²) in [5.74, 6) is -0.0384. The summed E-state index contributed by atoms with van der Waals surface area (Å²) in [6, 6.07) is -0.477. The van der Waals surface area contributed by atoms with Crippen LogP contribution in [0.4, 0.5) is 0 Å². The maximum atomic E-state index is 12.6. The van der Waals surface area contributed by atoms with Gasteiger partial charge in [-0.05, 0) is 45.6 Å². The van der Waals surface area contributed by atoms with Gasteiger partial charge in [-0.25, -0.2) is 0 Å². The minimum atomic E-state index is -0.252. The summed E-state index contributed by atoms with van der Waals surface area (Å²) in [7, 11) is 1.42. The summed E-state index contributed by atoms with van der Waals surface area (Å²) in [5, 5.41) is 0. The number of methoxy groups -OCH3 is 1. The van der Waals surface area contributed by atoms with Gasteiger partial charge >= 0.3 is 5.97 Å². The summed E-state index contributed by atoms with van der Waals surface area (Å²) in [5.41, 5.74) is 0. The van der Waals surface area contributed by atoms with E-state index in [2.05, 4.69) is 0 Å². The molecule has 2 saturated heterocycles. The molecule has 0 spiro atoms. The zero-order valence-corrected chi connectivity index (χ0v) is 12.6. The summed E-state index contributed by atoms with van der Waals surface area (Å²) in [6.45, 7) is 4.46. The van der Waals surface area contributed by atoms with E-state index in [0.29, 0.717) is 0 Å². The van der Waals surface area contributed by atoms with Crippen LogP contribution in [0.1, 0.15) is 45.4 Å². The number of esters is 1. The van der Waals surface area contributed by atoms with Gasteiger partial charge in [0, 0.05) is 13.1 Å². The molecule has 0 aromatic rings. The predicted octanol–water partition coefficient (Wildman–Crippen LogP) is 1.41.